The Morgan fingerprint density at radius 2 is 1.89 bits per heavy atom. The lowest BCUT2D eigenvalue weighted by molar-refractivity contribution is -0.123. The minimum Gasteiger partial charge on any atom is -0.347 e. The van der Waals surface area contributed by atoms with Crippen LogP contribution in [0.3, 0.4) is 0 Å². The van der Waals surface area contributed by atoms with Gasteiger partial charge in [-0.05, 0) is 38.4 Å². The zero-order valence-corrected chi connectivity index (χ0v) is 11.7. The molecule has 1 aromatic carbocycles. The van der Waals surface area contributed by atoms with Crippen molar-refractivity contribution in [2.75, 3.05) is 13.6 Å². The SMILES string of the molecule is CNCCCC(=O)NC1(c2ccccc2)CCCC1. The number of rotatable bonds is 6. The summed E-state index contributed by atoms with van der Waals surface area (Å²) in [6.45, 7) is 0.895. The van der Waals surface area contributed by atoms with E-state index in [1.54, 1.807) is 0 Å². The van der Waals surface area contributed by atoms with Gasteiger partial charge < -0.3 is 10.6 Å². The summed E-state index contributed by atoms with van der Waals surface area (Å²) >= 11 is 0. The number of hydrogen-bond acceptors (Lipinski definition) is 2. The Kier molecular flexibility index (Phi) is 4.97. The van der Waals surface area contributed by atoms with Crippen molar-refractivity contribution >= 4 is 5.91 Å². The molecule has 0 spiro atoms. The second-order valence-electron chi connectivity index (χ2n) is 5.41. The molecule has 1 amide bonds. The molecule has 1 saturated carbocycles. The van der Waals surface area contributed by atoms with Gasteiger partial charge in [0.15, 0.2) is 0 Å². The third-order valence-electron chi connectivity index (χ3n) is 3.99. The van der Waals surface area contributed by atoms with Crippen molar-refractivity contribution in [1.29, 1.82) is 0 Å². The maximum absolute atomic E-state index is 12.1. The molecule has 0 saturated heterocycles. The van der Waals surface area contributed by atoms with Crippen LogP contribution in [-0.4, -0.2) is 19.5 Å². The average Bonchev–Trinajstić information content (AvgIpc) is 2.90. The van der Waals surface area contributed by atoms with Gasteiger partial charge in [0.2, 0.25) is 5.91 Å². The number of benzene rings is 1. The Bertz CT molecular complexity index is 396. The van der Waals surface area contributed by atoms with Crippen LogP contribution in [0.5, 0.6) is 0 Å². The van der Waals surface area contributed by atoms with Gasteiger partial charge in [0.1, 0.15) is 0 Å². The van der Waals surface area contributed by atoms with Gasteiger partial charge >= 0.3 is 0 Å². The van der Waals surface area contributed by atoms with Crippen LogP contribution in [0.1, 0.15) is 44.1 Å². The topological polar surface area (TPSA) is 41.1 Å². The van der Waals surface area contributed by atoms with Crippen LogP contribution >= 0.6 is 0 Å². The number of nitrogens with one attached hydrogen (secondary N) is 2. The molecule has 0 unspecified atom stereocenters. The van der Waals surface area contributed by atoms with Gasteiger partial charge in [0.05, 0.1) is 5.54 Å². The van der Waals surface area contributed by atoms with Gasteiger partial charge in [-0.1, -0.05) is 43.2 Å². The molecule has 1 aliphatic rings. The molecule has 1 aromatic rings. The number of carbonyl (C=O) groups excluding carboxylic acids is 1. The van der Waals surface area contributed by atoms with Crippen molar-refractivity contribution in [3.05, 3.63) is 35.9 Å². The Labute approximate surface area is 115 Å². The molecular formula is C16H24N2O. The van der Waals surface area contributed by atoms with E-state index in [9.17, 15) is 4.79 Å². The first-order valence-corrected chi connectivity index (χ1v) is 7.28. The molecule has 104 valence electrons. The fourth-order valence-corrected chi connectivity index (χ4v) is 2.98. The fraction of sp³-hybridized carbons (Fsp3) is 0.562. The van der Waals surface area contributed by atoms with E-state index in [0.717, 1.165) is 25.8 Å². The van der Waals surface area contributed by atoms with E-state index in [4.69, 9.17) is 0 Å². The van der Waals surface area contributed by atoms with E-state index in [-0.39, 0.29) is 11.4 Å². The summed E-state index contributed by atoms with van der Waals surface area (Å²) in [6.07, 6.45) is 6.03. The van der Waals surface area contributed by atoms with Gasteiger partial charge in [-0.15, -0.1) is 0 Å². The van der Waals surface area contributed by atoms with E-state index in [1.807, 2.05) is 13.1 Å². The van der Waals surface area contributed by atoms with Crippen LogP contribution in [-0.2, 0) is 10.3 Å². The average molecular weight is 260 g/mol. The zero-order valence-electron chi connectivity index (χ0n) is 11.7. The molecule has 2 N–H and O–H groups in total. The van der Waals surface area contributed by atoms with Crippen molar-refractivity contribution < 1.29 is 4.79 Å². The van der Waals surface area contributed by atoms with E-state index < -0.39 is 0 Å². The molecule has 0 atom stereocenters. The molecule has 1 aliphatic carbocycles. The quantitative estimate of drug-likeness (QED) is 0.772. The predicted octanol–water partition coefficient (Wildman–Crippen LogP) is 2.57. The molecule has 0 bridgehead atoms. The Balaban J connectivity index is 2.02. The first-order valence-electron chi connectivity index (χ1n) is 7.28. The van der Waals surface area contributed by atoms with E-state index in [1.165, 1.54) is 18.4 Å². The maximum Gasteiger partial charge on any atom is 0.220 e. The van der Waals surface area contributed by atoms with E-state index in [0.29, 0.717) is 6.42 Å². The van der Waals surface area contributed by atoms with Crippen molar-refractivity contribution in [3.63, 3.8) is 0 Å². The van der Waals surface area contributed by atoms with Crippen LogP contribution < -0.4 is 10.6 Å². The summed E-state index contributed by atoms with van der Waals surface area (Å²) < 4.78 is 0. The van der Waals surface area contributed by atoms with Crippen LogP contribution in [0.4, 0.5) is 0 Å². The summed E-state index contributed by atoms with van der Waals surface area (Å²) in [5, 5.41) is 6.38. The Hall–Kier alpha value is -1.35. The number of hydrogen-bond donors (Lipinski definition) is 2. The summed E-state index contributed by atoms with van der Waals surface area (Å²) in [6, 6.07) is 10.4. The van der Waals surface area contributed by atoms with Gasteiger partial charge in [-0.25, -0.2) is 0 Å². The molecule has 0 radical (unpaired) electrons. The molecule has 0 aliphatic heterocycles. The molecule has 1 fully saturated rings. The van der Waals surface area contributed by atoms with Crippen molar-refractivity contribution in [2.24, 2.45) is 0 Å². The van der Waals surface area contributed by atoms with Gasteiger partial charge in [-0.3, -0.25) is 4.79 Å². The second-order valence-corrected chi connectivity index (χ2v) is 5.41. The van der Waals surface area contributed by atoms with Crippen LogP contribution in [0.2, 0.25) is 0 Å². The highest BCUT2D eigenvalue weighted by Gasteiger charge is 2.36. The minimum atomic E-state index is -0.113. The summed E-state index contributed by atoms with van der Waals surface area (Å²) in [5.74, 6) is 0.181. The van der Waals surface area contributed by atoms with E-state index in [2.05, 4.69) is 34.9 Å². The zero-order chi connectivity index (χ0) is 13.6. The molecule has 0 aromatic heterocycles. The summed E-state index contributed by atoms with van der Waals surface area (Å²) in [4.78, 5) is 12.1. The van der Waals surface area contributed by atoms with Gasteiger partial charge in [0, 0.05) is 6.42 Å². The van der Waals surface area contributed by atoms with Gasteiger partial charge in [0.25, 0.3) is 0 Å². The van der Waals surface area contributed by atoms with Crippen LogP contribution in [0.25, 0.3) is 0 Å². The molecule has 3 heteroatoms. The standard InChI is InChI=1S/C16H24N2O/c1-17-13-7-10-15(19)18-16(11-5-6-12-16)14-8-3-2-4-9-14/h2-4,8-9,17H,5-7,10-13H2,1H3,(H,18,19). The van der Waals surface area contributed by atoms with Gasteiger partial charge in [-0.2, -0.15) is 0 Å². The number of amides is 1. The highest BCUT2D eigenvalue weighted by atomic mass is 16.1. The molecule has 3 nitrogen and oxygen atoms in total. The third-order valence-corrected chi connectivity index (χ3v) is 3.99. The normalized spacial score (nSPS) is 17.3. The minimum absolute atomic E-state index is 0.113. The largest absolute Gasteiger partial charge is 0.347 e. The maximum atomic E-state index is 12.1. The summed E-state index contributed by atoms with van der Waals surface area (Å²) in [7, 11) is 1.92. The third kappa shape index (κ3) is 3.57. The predicted molar refractivity (Wildman–Crippen MR) is 77.9 cm³/mol. The second kappa shape index (κ2) is 6.71. The van der Waals surface area contributed by atoms with E-state index >= 15 is 0 Å². The lowest BCUT2D eigenvalue weighted by Crippen LogP contribution is -2.43. The Morgan fingerprint density at radius 3 is 2.53 bits per heavy atom. The lowest BCUT2D eigenvalue weighted by atomic mass is 9.88. The van der Waals surface area contributed by atoms with Crippen molar-refractivity contribution in [2.45, 2.75) is 44.1 Å². The molecular weight excluding hydrogens is 236 g/mol. The molecule has 2 rings (SSSR count). The smallest absolute Gasteiger partial charge is 0.220 e. The molecule has 0 heterocycles. The Morgan fingerprint density at radius 1 is 1.21 bits per heavy atom. The van der Waals surface area contributed by atoms with Crippen LogP contribution in [0.15, 0.2) is 30.3 Å². The van der Waals surface area contributed by atoms with Crippen molar-refractivity contribution in [3.8, 4) is 0 Å². The highest BCUT2D eigenvalue weighted by molar-refractivity contribution is 5.77. The van der Waals surface area contributed by atoms with Crippen molar-refractivity contribution in [1.82, 2.24) is 10.6 Å². The summed E-state index contributed by atoms with van der Waals surface area (Å²) in [5.41, 5.74) is 1.15. The fourth-order valence-electron chi connectivity index (χ4n) is 2.98. The monoisotopic (exact) mass is 260 g/mol. The highest BCUT2D eigenvalue weighted by Crippen LogP contribution is 2.38. The number of carbonyl (C=O) groups is 1. The first kappa shape index (κ1) is 14.1. The molecule has 19 heavy (non-hydrogen) atoms. The van der Waals surface area contributed by atoms with Crippen LogP contribution in [0, 0.1) is 0 Å². The lowest BCUT2D eigenvalue weighted by Gasteiger charge is -2.31. The first-order chi connectivity index (χ1) is 9.27.